The number of rotatable bonds is 2. The number of anilines is 1. The highest BCUT2D eigenvalue weighted by Crippen LogP contribution is 2.41. The van der Waals surface area contributed by atoms with E-state index in [1.165, 1.54) is 5.39 Å². The Bertz CT molecular complexity index is 929. The Balaban J connectivity index is 2.10. The second-order valence-electron chi connectivity index (χ2n) is 5.71. The molecule has 1 aliphatic rings. The largest absolute Gasteiger partial charge is 0.272 e. The van der Waals surface area contributed by atoms with Crippen LogP contribution in [0.2, 0.25) is 0 Å². The van der Waals surface area contributed by atoms with Crippen LogP contribution < -0.4 is 5.01 Å². The van der Waals surface area contributed by atoms with Crippen molar-refractivity contribution in [1.29, 1.82) is 0 Å². The lowest BCUT2D eigenvalue weighted by molar-refractivity contribution is -0.116. The van der Waals surface area contributed by atoms with Crippen molar-refractivity contribution in [3.05, 3.63) is 66.2 Å². The van der Waals surface area contributed by atoms with Crippen molar-refractivity contribution in [3.8, 4) is 11.1 Å². The van der Waals surface area contributed by atoms with Gasteiger partial charge < -0.3 is 0 Å². The summed E-state index contributed by atoms with van der Waals surface area (Å²) in [5, 5.41) is 8.15. The standard InChI is InChI=1S/C20H16N2O/c1-14-13-16-9-5-6-10-17(16)19(15-7-3-2-4-8-15)20(14)22-18(23)11-12-21-22/h2-10,12-13H,11H2,1H3. The average molecular weight is 300 g/mol. The molecule has 23 heavy (non-hydrogen) atoms. The van der Waals surface area contributed by atoms with Gasteiger partial charge in [-0.2, -0.15) is 10.1 Å². The van der Waals surface area contributed by atoms with Gasteiger partial charge in [-0.25, -0.2) is 0 Å². The molecule has 0 aromatic heterocycles. The highest BCUT2D eigenvalue weighted by molar-refractivity contribution is 6.12. The van der Waals surface area contributed by atoms with E-state index in [2.05, 4.69) is 35.4 Å². The quantitative estimate of drug-likeness (QED) is 0.684. The molecule has 0 N–H and O–H groups in total. The Morgan fingerprint density at radius 2 is 1.74 bits per heavy atom. The molecule has 112 valence electrons. The van der Waals surface area contributed by atoms with Gasteiger partial charge >= 0.3 is 0 Å². The van der Waals surface area contributed by atoms with Gasteiger partial charge in [-0.15, -0.1) is 0 Å². The number of hydrogen-bond acceptors (Lipinski definition) is 2. The summed E-state index contributed by atoms with van der Waals surface area (Å²) in [7, 11) is 0. The van der Waals surface area contributed by atoms with E-state index in [0.717, 1.165) is 27.8 Å². The zero-order valence-electron chi connectivity index (χ0n) is 12.9. The lowest BCUT2D eigenvalue weighted by Crippen LogP contribution is -2.21. The lowest BCUT2D eigenvalue weighted by atomic mass is 9.93. The summed E-state index contributed by atoms with van der Waals surface area (Å²) in [6.07, 6.45) is 2.03. The van der Waals surface area contributed by atoms with Crippen molar-refractivity contribution in [2.45, 2.75) is 13.3 Å². The maximum atomic E-state index is 12.2. The first-order valence-corrected chi connectivity index (χ1v) is 7.69. The van der Waals surface area contributed by atoms with E-state index in [-0.39, 0.29) is 5.91 Å². The van der Waals surface area contributed by atoms with E-state index in [4.69, 9.17) is 0 Å². The number of carbonyl (C=O) groups is 1. The van der Waals surface area contributed by atoms with Crippen LogP contribution in [0, 0.1) is 6.92 Å². The van der Waals surface area contributed by atoms with E-state index < -0.39 is 0 Å². The summed E-state index contributed by atoms with van der Waals surface area (Å²) in [4.78, 5) is 12.2. The zero-order valence-corrected chi connectivity index (χ0v) is 12.9. The molecule has 0 bridgehead atoms. The van der Waals surface area contributed by atoms with E-state index >= 15 is 0 Å². The monoisotopic (exact) mass is 300 g/mol. The molecule has 1 aliphatic heterocycles. The SMILES string of the molecule is Cc1cc2ccccc2c(-c2ccccc2)c1N1N=CCC1=O. The molecule has 0 atom stereocenters. The molecule has 3 aromatic rings. The number of hydrogen-bond donors (Lipinski definition) is 0. The lowest BCUT2D eigenvalue weighted by Gasteiger charge is -2.21. The third-order valence-corrected chi connectivity index (χ3v) is 4.19. The van der Waals surface area contributed by atoms with Crippen LogP contribution in [-0.4, -0.2) is 12.1 Å². The van der Waals surface area contributed by atoms with Crippen molar-refractivity contribution in [2.75, 3.05) is 5.01 Å². The predicted molar refractivity (Wildman–Crippen MR) is 94.7 cm³/mol. The van der Waals surface area contributed by atoms with E-state index in [9.17, 15) is 4.79 Å². The van der Waals surface area contributed by atoms with Gasteiger partial charge in [-0.1, -0.05) is 54.6 Å². The number of amides is 1. The molecule has 0 aliphatic carbocycles. The number of benzene rings is 3. The van der Waals surface area contributed by atoms with Crippen LogP contribution in [-0.2, 0) is 4.79 Å². The topological polar surface area (TPSA) is 32.7 Å². The van der Waals surface area contributed by atoms with E-state index in [1.807, 2.05) is 37.3 Å². The van der Waals surface area contributed by atoms with Crippen LogP contribution in [0.3, 0.4) is 0 Å². The molecule has 3 nitrogen and oxygen atoms in total. The Labute approximate surface area is 134 Å². The number of carbonyl (C=O) groups excluding carboxylic acids is 1. The number of nitrogens with zero attached hydrogens (tertiary/aromatic N) is 2. The molecule has 0 fully saturated rings. The Morgan fingerprint density at radius 3 is 2.48 bits per heavy atom. The molecule has 3 aromatic carbocycles. The summed E-state index contributed by atoms with van der Waals surface area (Å²) in [5.41, 5.74) is 4.09. The van der Waals surface area contributed by atoms with Gasteiger partial charge in [0, 0.05) is 11.8 Å². The Hall–Kier alpha value is -2.94. The maximum absolute atomic E-state index is 12.2. The molecule has 3 heteroatoms. The van der Waals surface area contributed by atoms with E-state index in [0.29, 0.717) is 6.42 Å². The highest BCUT2D eigenvalue weighted by atomic mass is 16.2. The second kappa shape index (κ2) is 5.36. The fourth-order valence-corrected chi connectivity index (χ4v) is 3.18. The summed E-state index contributed by atoms with van der Waals surface area (Å²) in [6, 6.07) is 20.6. The minimum absolute atomic E-state index is 0.0144. The first-order valence-electron chi connectivity index (χ1n) is 7.69. The minimum Gasteiger partial charge on any atom is -0.272 e. The summed E-state index contributed by atoms with van der Waals surface area (Å²) >= 11 is 0. The molecule has 0 spiro atoms. The second-order valence-corrected chi connectivity index (χ2v) is 5.71. The molecule has 1 amide bonds. The number of fused-ring (bicyclic) bond motifs is 1. The number of hydrazone groups is 1. The maximum Gasteiger partial charge on any atom is 0.252 e. The number of aryl methyl sites for hydroxylation is 1. The molecular formula is C20H16N2O. The van der Waals surface area contributed by atoms with Gasteiger partial charge in [0.2, 0.25) is 0 Å². The van der Waals surface area contributed by atoms with Crippen LogP contribution in [0.4, 0.5) is 5.69 Å². The van der Waals surface area contributed by atoms with Gasteiger partial charge in [0.05, 0.1) is 12.1 Å². The van der Waals surface area contributed by atoms with E-state index in [1.54, 1.807) is 11.2 Å². The van der Waals surface area contributed by atoms with Crippen LogP contribution in [0.1, 0.15) is 12.0 Å². The molecule has 0 saturated carbocycles. The molecule has 0 radical (unpaired) electrons. The van der Waals surface area contributed by atoms with Crippen molar-refractivity contribution in [1.82, 2.24) is 0 Å². The minimum atomic E-state index is 0.0144. The third-order valence-electron chi connectivity index (χ3n) is 4.19. The summed E-state index contributed by atoms with van der Waals surface area (Å²) in [5.74, 6) is 0.0144. The molecule has 1 heterocycles. The van der Waals surface area contributed by atoms with Crippen molar-refractivity contribution in [2.24, 2.45) is 5.10 Å². The van der Waals surface area contributed by atoms with Crippen LogP contribution in [0.5, 0.6) is 0 Å². The Kier molecular flexibility index (Phi) is 3.19. The van der Waals surface area contributed by atoms with Crippen molar-refractivity contribution in [3.63, 3.8) is 0 Å². The van der Waals surface area contributed by atoms with Crippen LogP contribution in [0.15, 0.2) is 65.8 Å². The smallest absolute Gasteiger partial charge is 0.252 e. The first kappa shape index (κ1) is 13.7. The average Bonchev–Trinajstić information content (AvgIpc) is 3.00. The summed E-state index contributed by atoms with van der Waals surface area (Å²) in [6.45, 7) is 2.04. The van der Waals surface area contributed by atoms with Gasteiger partial charge in [0.1, 0.15) is 0 Å². The first-order chi connectivity index (χ1) is 11.3. The fourth-order valence-electron chi connectivity index (χ4n) is 3.18. The van der Waals surface area contributed by atoms with Crippen LogP contribution in [0.25, 0.3) is 21.9 Å². The van der Waals surface area contributed by atoms with Gasteiger partial charge in [0.25, 0.3) is 5.91 Å². The van der Waals surface area contributed by atoms with Gasteiger partial charge in [-0.3, -0.25) is 4.79 Å². The molecule has 4 rings (SSSR count). The van der Waals surface area contributed by atoms with Gasteiger partial charge in [0.15, 0.2) is 0 Å². The summed E-state index contributed by atoms with van der Waals surface area (Å²) < 4.78 is 0. The normalized spacial score (nSPS) is 14.0. The van der Waals surface area contributed by atoms with Gasteiger partial charge in [-0.05, 0) is 34.9 Å². The Morgan fingerprint density at radius 1 is 1.00 bits per heavy atom. The predicted octanol–water partition coefficient (Wildman–Crippen LogP) is 4.54. The third kappa shape index (κ3) is 2.21. The molecule has 0 saturated heterocycles. The van der Waals surface area contributed by atoms with Crippen molar-refractivity contribution < 1.29 is 4.79 Å². The van der Waals surface area contributed by atoms with Crippen molar-refractivity contribution >= 4 is 28.6 Å². The van der Waals surface area contributed by atoms with Crippen LogP contribution >= 0.6 is 0 Å². The molecule has 0 unspecified atom stereocenters. The zero-order chi connectivity index (χ0) is 15.8. The highest BCUT2D eigenvalue weighted by Gasteiger charge is 2.25. The molecular weight excluding hydrogens is 284 g/mol. The fraction of sp³-hybridized carbons (Fsp3) is 0.100.